The maximum Gasteiger partial charge on any atom is 0.243 e. The Hall–Kier alpha value is -1.48. The van der Waals surface area contributed by atoms with Crippen molar-refractivity contribution in [3.05, 3.63) is 29.8 Å². The highest BCUT2D eigenvalue weighted by atomic mass is 32.2. The molecule has 2 aliphatic rings. The molecule has 1 unspecified atom stereocenters. The maximum atomic E-state index is 13.0. The van der Waals surface area contributed by atoms with Gasteiger partial charge in [-0.25, -0.2) is 8.42 Å². The Morgan fingerprint density at radius 2 is 1.89 bits per heavy atom. The number of ether oxygens (including phenoxy) is 1. The number of hydrogen-bond donors (Lipinski definition) is 1. The van der Waals surface area contributed by atoms with Gasteiger partial charge in [-0.1, -0.05) is 17.7 Å². The lowest BCUT2D eigenvalue weighted by Gasteiger charge is -2.32. The molecule has 0 spiro atoms. The van der Waals surface area contributed by atoms with Crippen LogP contribution in [-0.4, -0.2) is 75.0 Å². The van der Waals surface area contributed by atoms with Crippen LogP contribution in [0.25, 0.3) is 0 Å². The minimum atomic E-state index is -3.66. The van der Waals surface area contributed by atoms with Crippen LogP contribution in [0.15, 0.2) is 29.2 Å². The number of aryl methyl sites for hydroxylation is 1. The lowest BCUT2D eigenvalue weighted by molar-refractivity contribution is -0.124. The number of hydrogen-bond acceptors (Lipinski definition) is 5. The van der Waals surface area contributed by atoms with Gasteiger partial charge >= 0.3 is 0 Å². The number of morpholine rings is 1. The van der Waals surface area contributed by atoms with E-state index in [-0.39, 0.29) is 16.8 Å². The fourth-order valence-corrected chi connectivity index (χ4v) is 5.31. The molecular formula is C19H29N3O4S. The molecule has 1 aromatic rings. The zero-order chi connectivity index (χ0) is 19.4. The van der Waals surface area contributed by atoms with Crippen LogP contribution in [0.4, 0.5) is 0 Å². The predicted molar refractivity (Wildman–Crippen MR) is 103 cm³/mol. The second-order valence-corrected chi connectivity index (χ2v) is 9.22. The zero-order valence-corrected chi connectivity index (χ0v) is 16.9. The first-order valence-corrected chi connectivity index (χ1v) is 11.0. The third-order valence-corrected chi connectivity index (χ3v) is 7.30. The average molecular weight is 396 g/mol. The van der Waals surface area contributed by atoms with Crippen LogP contribution in [-0.2, 0) is 19.6 Å². The highest BCUT2D eigenvalue weighted by molar-refractivity contribution is 7.89. The predicted octanol–water partition coefficient (Wildman–Crippen LogP) is 0.985. The Morgan fingerprint density at radius 3 is 2.56 bits per heavy atom. The fourth-order valence-electron chi connectivity index (χ4n) is 3.65. The molecule has 0 saturated carbocycles. The van der Waals surface area contributed by atoms with Gasteiger partial charge in [-0.05, 0) is 38.8 Å². The summed E-state index contributed by atoms with van der Waals surface area (Å²) in [6.45, 7) is 8.01. The van der Waals surface area contributed by atoms with E-state index in [1.165, 1.54) is 4.31 Å². The Kier molecular flexibility index (Phi) is 6.52. The SMILES string of the molecule is Cc1ccc(S(=O)(=O)N2CCC[C@H]2C(=O)NCC(C)N2CCOCC2)cc1. The van der Waals surface area contributed by atoms with E-state index < -0.39 is 16.1 Å². The third kappa shape index (κ3) is 4.68. The number of nitrogens with one attached hydrogen (secondary N) is 1. The molecule has 7 nitrogen and oxygen atoms in total. The molecule has 2 atom stereocenters. The van der Waals surface area contributed by atoms with Gasteiger partial charge in [-0.15, -0.1) is 0 Å². The summed E-state index contributed by atoms with van der Waals surface area (Å²) in [5, 5.41) is 2.96. The molecule has 8 heteroatoms. The van der Waals surface area contributed by atoms with Gasteiger partial charge in [0.2, 0.25) is 15.9 Å². The van der Waals surface area contributed by atoms with E-state index in [1.54, 1.807) is 24.3 Å². The normalized spacial score (nSPS) is 23.3. The summed E-state index contributed by atoms with van der Waals surface area (Å²) in [4.78, 5) is 15.2. The van der Waals surface area contributed by atoms with Crippen LogP contribution >= 0.6 is 0 Å². The van der Waals surface area contributed by atoms with Crippen molar-refractivity contribution in [2.24, 2.45) is 0 Å². The van der Waals surface area contributed by atoms with Crippen molar-refractivity contribution in [2.75, 3.05) is 39.4 Å². The molecule has 2 saturated heterocycles. The van der Waals surface area contributed by atoms with E-state index in [9.17, 15) is 13.2 Å². The molecule has 0 aliphatic carbocycles. The lowest BCUT2D eigenvalue weighted by atomic mass is 10.2. The Balaban J connectivity index is 1.63. The molecule has 0 aromatic heterocycles. The molecule has 3 rings (SSSR count). The molecule has 2 heterocycles. The van der Waals surface area contributed by atoms with Gasteiger partial charge in [-0.3, -0.25) is 9.69 Å². The summed E-state index contributed by atoms with van der Waals surface area (Å²) < 4.78 is 32.6. The van der Waals surface area contributed by atoms with Crippen LogP contribution < -0.4 is 5.32 Å². The van der Waals surface area contributed by atoms with Crippen LogP contribution in [0.3, 0.4) is 0 Å². The second-order valence-electron chi connectivity index (χ2n) is 7.33. The molecular weight excluding hydrogens is 366 g/mol. The number of rotatable bonds is 6. The van der Waals surface area contributed by atoms with Gasteiger partial charge in [0, 0.05) is 32.2 Å². The third-order valence-electron chi connectivity index (χ3n) is 5.37. The molecule has 2 fully saturated rings. The van der Waals surface area contributed by atoms with E-state index >= 15 is 0 Å². The number of nitrogens with zero attached hydrogens (tertiary/aromatic N) is 2. The van der Waals surface area contributed by atoms with E-state index in [0.717, 1.165) is 18.7 Å². The summed E-state index contributed by atoms with van der Waals surface area (Å²) in [5.74, 6) is -0.205. The molecule has 1 aromatic carbocycles. The molecule has 150 valence electrons. The van der Waals surface area contributed by atoms with Crippen LogP contribution in [0.2, 0.25) is 0 Å². The number of benzene rings is 1. The quantitative estimate of drug-likeness (QED) is 0.777. The van der Waals surface area contributed by atoms with E-state index in [0.29, 0.717) is 39.1 Å². The zero-order valence-electron chi connectivity index (χ0n) is 16.1. The van der Waals surface area contributed by atoms with Gasteiger partial charge in [0.05, 0.1) is 18.1 Å². The minimum Gasteiger partial charge on any atom is -0.379 e. The Bertz CT molecular complexity index is 745. The smallest absolute Gasteiger partial charge is 0.243 e. The largest absolute Gasteiger partial charge is 0.379 e. The fraction of sp³-hybridized carbons (Fsp3) is 0.632. The van der Waals surface area contributed by atoms with E-state index in [4.69, 9.17) is 4.74 Å². The monoisotopic (exact) mass is 395 g/mol. The highest BCUT2D eigenvalue weighted by Crippen LogP contribution is 2.26. The van der Waals surface area contributed by atoms with Gasteiger partial charge in [-0.2, -0.15) is 4.31 Å². The van der Waals surface area contributed by atoms with Crippen molar-refractivity contribution in [2.45, 2.75) is 43.7 Å². The van der Waals surface area contributed by atoms with Crippen LogP contribution in [0.5, 0.6) is 0 Å². The van der Waals surface area contributed by atoms with Crippen molar-refractivity contribution >= 4 is 15.9 Å². The van der Waals surface area contributed by atoms with Crippen molar-refractivity contribution in [3.63, 3.8) is 0 Å². The van der Waals surface area contributed by atoms with E-state index in [1.807, 2.05) is 6.92 Å². The van der Waals surface area contributed by atoms with Gasteiger partial charge < -0.3 is 10.1 Å². The number of carbonyl (C=O) groups is 1. The maximum absolute atomic E-state index is 13.0. The Morgan fingerprint density at radius 1 is 1.22 bits per heavy atom. The second kappa shape index (κ2) is 8.68. The lowest BCUT2D eigenvalue weighted by Crippen LogP contribution is -2.51. The molecule has 0 radical (unpaired) electrons. The standard InChI is InChI=1S/C19H29N3O4S/c1-15-5-7-17(8-6-15)27(24,25)22-9-3-4-18(22)19(23)20-14-16(2)21-10-12-26-13-11-21/h5-8,16,18H,3-4,9-14H2,1-2H3,(H,20,23)/t16?,18-/m0/s1. The van der Waals surface area contributed by atoms with Crippen molar-refractivity contribution in [1.82, 2.24) is 14.5 Å². The van der Waals surface area contributed by atoms with Crippen molar-refractivity contribution in [1.29, 1.82) is 0 Å². The van der Waals surface area contributed by atoms with Crippen molar-refractivity contribution in [3.8, 4) is 0 Å². The first-order valence-electron chi connectivity index (χ1n) is 9.57. The number of sulfonamides is 1. The first-order chi connectivity index (χ1) is 12.9. The molecule has 1 N–H and O–H groups in total. The van der Waals surface area contributed by atoms with Crippen LogP contribution in [0, 0.1) is 6.92 Å². The topological polar surface area (TPSA) is 79.0 Å². The minimum absolute atomic E-state index is 0.196. The summed E-state index contributed by atoms with van der Waals surface area (Å²) in [6.07, 6.45) is 1.26. The first kappa shape index (κ1) is 20.3. The van der Waals surface area contributed by atoms with Crippen LogP contribution in [0.1, 0.15) is 25.3 Å². The number of carbonyl (C=O) groups excluding carboxylic acids is 1. The average Bonchev–Trinajstić information content (AvgIpc) is 3.18. The molecule has 1 amide bonds. The molecule has 2 aliphatic heterocycles. The van der Waals surface area contributed by atoms with Gasteiger partial charge in [0.1, 0.15) is 6.04 Å². The highest BCUT2D eigenvalue weighted by Gasteiger charge is 2.39. The van der Waals surface area contributed by atoms with Crippen molar-refractivity contribution < 1.29 is 17.9 Å². The summed E-state index contributed by atoms with van der Waals surface area (Å²) in [5.41, 5.74) is 1.00. The summed E-state index contributed by atoms with van der Waals surface area (Å²) in [6, 6.07) is 6.34. The summed E-state index contributed by atoms with van der Waals surface area (Å²) >= 11 is 0. The van der Waals surface area contributed by atoms with E-state index in [2.05, 4.69) is 17.1 Å². The summed E-state index contributed by atoms with van der Waals surface area (Å²) in [7, 11) is -3.66. The Labute approximate surface area is 161 Å². The molecule has 0 bridgehead atoms. The van der Waals surface area contributed by atoms with Gasteiger partial charge in [0.25, 0.3) is 0 Å². The van der Waals surface area contributed by atoms with Gasteiger partial charge in [0.15, 0.2) is 0 Å². The number of amides is 1. The molecule has 27 heavy (non-hydrogen) atoms.